The molecule has 1 saturated heterocycles. The predicted molar refractivity (Wildman–Crippen MR) is 211 cm³/mol. The van der Waals surface area contributed by atoms with Crippen LogP contribution in [-0.2, 0) is 30.6 Å². The van der Waals surface area contributed by atoms with Gasteiger partial charge in [0.15, 0.2) is 5.60 Å². The van der Waals surface area contributed by atoms with E-state index in [1.165, 1.54) is 39.2 Å². The fourth-order valence-electron chi connectivity index (χ4n) is 8.71. The topological polar surface area (TPSA) is 185 Å². The molecule has 3 heterocycles. The zero-order chi connectivity index (χ0) is 46.0. The van der Waals surface area contributed by atoms with Gasteiger partial charge in [-0.3, -0.25) is 28.9 Å². The van der Waals surface area contributed by atoms with Crippen LogP contribution in [0.2, 0.25) is 0 Å². The van der Waals surface area contributed by atoms with Crippen molar-refractivity contribution < 1.29 is 68.5 Å². The molecule has 2 aliphatic carbocycles. The second-order valence-electron chi connectivity index (χ2n) is 17.4. The van der Waals surface area contributed by atoms with Crippen LogP contribution in [-0.4, -0.2) is 106 Å². The van der Waals surface area contributed by atoms with Crippen LogP contribution in [0.15, 0.2) is 36.4 Å². The molecular formula is C41H51F6N5O9S. The van der Waals surface area contributed by atoms with Crippen LogP contribution in [0.5, 0.6) is 11.6 Å². The Morgan fingerprint density at radius 1 is 1.15 bits per heavy atom. The van der Waals surface area contributed by atoms with E-state index in [2.05, 4.69) is 10.3 Å². The number of aromatic nitrogens is 1. The third-order valence-electron chi connectivity index (χ3n) is 13.0. The Hall–Kier alpha value is -4.82. The van der Waals surface area contributed by atoms with Gasteiger partial charge in [-0.2, -0.15) is 22.0 Å². The minimum absolute atomic E-state index is 0.0764. The molecule has 3 N–H and O–H groups in total. The number of sulfonamides is 1. The van der Waals surface area contributed by atoms with Gasteiger partial charge in [-0.15, -0.1) is 0 Å². The van der Waals surface area contributed by atoms with Crippen molar-refractivity contribution >= 4 is 44.6 Å². The molecule has 8 atom stereocenters. The lowest BCUT2D eigenvalue weighted by molar-refractivity contribution is -0.219. The molecule has 342 valence electrons. The summed E-state index contributed by atoms with van der Waals surface area (Å²) in [6.07, 6.45) is -3.78. The number of fused-ring (bicyclic) bond motifs is 3. The van der Waals surface area contributed by atoms with Crippen LogP contribution in [0.25, 0.3) is 10.8 Å². The molecule has 1 aromatic carbocycles. The number of nitrogens with one attached hydrogen (secondary N) is 2. The van der Waals surface area contributed by atoms with Crippen molar-refractivity contribution in [2.45, 2.75) is 132 Å². The lowest BCUT2D eigenvalue weighted by Crippen LogP contribution is -2.64. The van der Waals surface area contributed by atoms with Gasteiger partial charge in [0.2, 0.25) is 21.8 Å². The first-order valence-corrected chi connectivity index (χ1v) is 21.9. The average Bonchev–Trinajstić information content (AvgIpc) is 4.11. The molecule has 3 fully saturated rings. The Balaban J connectivity index is 1.51. The van der Waals surface area contributed by atoms with Gasteiger partial charge >= 0.3 is 18.3 Å². The van der Waals surface area contributed by atoms with Gasteiger partial charge in [0.05, 0.1) is 7.11 Å². The summed E-state index contributed by atoms with van der Waals surface area (Å²) in [5, 5.41) is 12.6. The van der Waals surface area contributed by atoms with Crippen LogP contribution >= 0.6 is 0 Å². The molecule has 0 spiro atoms. The number of hydrogen-bond acceptors (Lipinski definition) is 9. The van der Waals surface area contributed by atoms with Crippen molar-refractivity contribution in [3.63, 3.8) is 0 Å². The Kier molecular flexibility index (Phi) is 12.3. The van der Waals surface area contributed by atoms with Crippen molar-refractivity contribution in [1.82, 2.24) is 24.8 Å². The fourth-order valence-corrected chi connectivity index (χ4v) is 10.1. The number of rotatable bonds is 10. The van der Waals surface area contributed by atoms with Crippen molar-refractivity contribution in [1.29, 1.82) is 0 Å². The highest BCUT2D eigenvalue weighted by molar-refractivity contribution is 7.91. The van der Waals surface area contributed by atoms with E-state index >= 15 is 13.6 Å². The van der Waals surface area contributed by atoms with Crippen molar-refractivity contribution in [2.24, 2.45) is 17.8 Å². The van der Waals surface area contributed by atoms with E-state index in [0.29, 0.717) is 18.9 Å². The zero-order valence-electron chi connectivity index (χ0n) is 35.0. The number of carboxylic acid groups (broad SMARTS) is 1. The van der Waals surface area contributed by atoms with Crippen LogP contribution in [0.3, 0.4) is 0 Å². The van der Waals surface area contributed by atoms with E-state index in [1.807, 2.05) is 11.6 Å². The summed E-state index contributed by atoms with van der Waals surface area (Å²) in [5.41, 5.74) is -6.67. The van der Waals surface area contributed by atoms with E-state index in [0.717, 1.165) is 11.8 Å². The second kappa shape index (κ2) is 16.4. The molecule has 4 amide bonds. The van der Waals surface area contributed by atoms with Crippen LogP contribution in [0.4, 0.5) is 31.1 Å². The highest BCUT2D eigenvalue weighted by atomic mass is 32.2. The SMILES string of the molecule is CCC(C)N(C(=O)O)[C@@H]1C(=O)N2[C@@H](C[C@@](C)(Oc3nc(C(F)(F)F)cc4cc(OC)ccc34)C2(F)F)C(=O)N[C@]2(C(=O)NS(=O)(=O)C3(CF)CC3)C[C@H]2/C=C\CC[C@@H](C)C[C@H]1C. The molecule has 2 saturated carbocycles. The van der Waals surface area contributed by atoms with Crippen LogP contribution < -0.4 is 19.5 Å². The number of halogens is 6. The Morgan fingerprint density at radius 3 is 2.40 bits per heavy atom. The molecule has 2 aliphatic heterocycles. The number of alkyl halides is 6. The maximum Gasteiger partial charge on any atom is 0.433 e. The summed E-state index contributed by atoms with van der Waals surface area (Å²) < 4.78 is 129. The van der Waals surface area contributed by atoms with Gasteiger partial charge in [0, 0.05) is 23.8 Å². The van der Waals surface area contributed by atoms with Gasteiger partial charge in [-0.05, 0) is 100 Å². The highest BCUT2D eigenvalue weighted by Gasteiger charge is 2.71. The molecular weight excluding hydrogens is 853 g/mol. The number of allylic oxidation sites excluding steroid dienone is 1. The van der Waals surface area contributed by atoms with E-state index in [1.54, 1.807) is 19.1 Å². The predicted octanol–water partition coefficient (Wildman–Crippen LogP) is 6.58. The van der Waals surface area contributed by atoms with Gasteiger partial charge < -0.3 is 19.9 Å². The van der Waals surface area contributed by atoms with E-state index < -0.39 is 117 Å². The number of ether oxygens (including phenoxy) is 2. The van der Waals surface area contributed by atoms with Crippen LogP contribution in [0, 0.1) is 17.8 Å². The summed E-state index contributed by atoms with van der Waals surface area (Å²) in [5.74, 6) is -7.04. The number of hydrogen-bond donors (Lipinski definition) is 3. The maximum absolute atomic E-state index is 17.7. The lowest BCUT2D eigenvalue weighted by Gasteiger charge is -2.42. The number of amides is 4. The molecule has 4 aliphatic rings. The highest BCUT2D eigenvalue weighted by Crippen LogP contribution is 2.52. The Labute approximate surface area is 354 Å². The Morgan fingerprint density at radius 2 is 1.82 bits per heavy atom. The second-order valence-corrected chi connectivity index (χ2v) is 19.5. The first-order valence-electron chi connectivity index (χ1n) is 20.4. The molecule has 1 unspecified atom stereocenters. The van der Waals surface area contributed by atoms with Crippen molar-refractivity contribution in [2.75, 3.05) is 13.8 Å². The number of pyridine rings is 1. The summed E-state index contributed by atoms with van der Waals surface area (Å²) in [7, 11) is -3.38. The molecule has 0 radical (unpaired) electrons. The summed E-state index contributed by atoms with van der Waals surface area (Å²) in [6, 6.07) is -5.24. The average molecular weight is 904 g/mol. The minimum Gasteiger partial charge on any atom is -0.497 e. The molecule has 2 aromatic rings. The molecule has 6 rings (SSSR count). The van der Waals surface area contributed by atoms with Gasteiger partial charge in [0.25, 0.3) is 11.8 Å². The number of nitrogens with zero attached hydrogens (tertiary/aromatic N) is 3. The third-order valence-corrected chi connectivity index (χ3v) is 15.1. The zero-order valence-corrected chi connectivity index (χ0v) is 35.8. The maximum atomic E-state index is 17.7. The standard InChI is InChI=1S/C41H51F6N5O9S/c1-7-24(4)51(36(56)57)31-23(3)16-22(2)10-8-9-11-26-19-39(26,35(55)50-62(58,59)38(21-42)14-15-38)49-32(53)29-20-37(5,41(46,47)52(29)34(31)54)61-33-28-13-12-27(60-6)17-25(28)18-30(48-33)40(43,44)45/h9,11-13,17-18,22-24,26,29,31H,7-8,10,14-16,19-21H2,1-6H3,(H,49,53)(H,50,55)(H,56,57)/b11-9-/t22-,23-,24?,26-,29+,31+,37-,39-/m1/s1. The quantitative estimate of drug-likeness (QED) is 0.134. The van der Waals surface area contributed by atoms with Gasteiger partial charge in [-0.25, -0.2) is 22.6 Å². The Bertz CT molecular complexity index is 2260. The van der Waals surface area contributed by atoms with Crippen LogP contribution in [0.1, 0.15) is 91.7 Å². The van der Waals surface area contributed by atoms with Crippen molar-refractivity contribution in [3.8, 4) is 11.6 Å². The molecule has 0 bridgehead atoms. The summed E-state index contributed by atoms with van der Waals surface area (Å²) >= 11 is 0. The fraction of sp³-hybridized carbons (Fsp3) is 0.634. The molecule has 62 heavy (non-hydrogen) atoms. The summed E-state index contributed by atoms with van der Waals surface area (Å²) in [4.78, 5) is 60.9. The molecule has 14 nitrogen and oxygen atoms in total. The minimum atomic E-state index is -5.10. The van der Waals surface area contributed by atoms with E-state index in [-0.39, 0.29) is 59.4 Å². The first-order chi connectivity index (χ1) is 28.8. The van der Waals surface area contributed by atoms with E-state index in [4.69, 9.17) is 9.47 Å². The van der Waals surface area contributed by atoms with E-state index in [9.17, 15) is 45.5 Å². The van der Waals surface area contributed by atoms with Crippen molar-refractivity contribution in [3.05, 3.63) is 42.1 Å². The number of carbonyl (C=O) groups is 4. The molecule has 1 aromatic heterocycles. The van der Waals surface area contributed by atoms with Gasteiger partial charge in [-0.1, -0.05) is 32.9 Å². The monoisotopic (exact) mass is 903 g/mol. The smallest absolute Gasteiger partial charge is 0.433 e. The normalized spacial score (nSPS) is 30.7. The lowest BCUT2D eigenvalue weighted by atomic mass is 9.86. The third kappa shape index (κ3) is 8.24. The largest absolute Gasteiger partial charge is 0.497 e. The molecule has 21 heteroatoms. The number of methoxy groups -OCH3 is 1. The first kappa shape index (κ1) is 46.7. The summed E-state index contributed by atoms with van der Waals surface area (Å²) in [6.45, 7) is 5.92. The van der Waals surface area contributed by atoms with Gasteiger partial charge in [0.1, 0.15) is 40.5 Å². The number of benzene rings is 1. The number of carbonyl (C=O) groups excluding carboxylic acids is 3.